The van der Waals surface area contributed by atoms with E-state index in [0.29, 0.717) is 12.1 Å². The molecule has 4 rings (SSSR count). The summed E-state index contributed by atoms with van der Waals surface area (Å²) in [5.74, 6) is 0. The normalized spacial score (nSPS) is 28.7. The summed E-state index contributed by atoms with van der Waals surface area (Å²) in [5, 5.41) is 0. The third-order valence-electron chi connectivity index (χ3n) is 6.76. The number of nitrogens with zero attached hydrogens (tertiary/aromatic N) is 2. The number of piperidine rings is 1. The van der Waals surface area contributed by atoms with Crippen LogP contribution in [-0.4, -0.2) is 46.3 Å². The smallest absolute Gasteiger partial charge is 0.326 e. The Hall–Kier alpha value is -1.59. The van der Waals surface area contributed by atoms with E-state index in [4.69, 9.17) is 4.74 Å². The van der Waals surface area contributed by atoms with E-state index in [0.717, 1.165) is 49.8 Å². The van der Waals surface area contributed by atoms with Crippen molar-refractivity contribution in [3.05, 3.63) is 34.2 Å². The summed E-state index contributed by atoms with van der Waals surface area (Å²) >= 11 is 0. The van der Waals surface area contributed by atoms with Crippen LogP contribution in [0.2, 0.25) is 0 Å². The zero-order valence-corrected chi connectivity index (χ0v) is 16.3. The van der Waals surface area contributed by atoms with Crippen molar-refractivity contribution < 1.29 is 4.74 Å². The molecule has 0 atom stereocenters. The molecule has 1 saturated carbocycles. The first-order valence-electron chi connectivity index (χ1n) is 9.99. The molecule has 0 bridgehead atoms. The Labute approximate surface area is 155 Å². The largest absolute Gasteiger partial charge is 0.379 e. The third-order valence-corrected chi connectivity index (χ3v) is 6.76. The summed E-state index contributed by atoms with van der Waals surface area (Å²) in [5.41, 5.74) is 3.32. The number of aromatic nitrogens is 2. The molecule has 0 amide bonds. The fraction of sp³-hybridized carbons (Fsp3) is 0.667. The van der Waals surface area contributed by atoms with Crippen LogP contribution in [0, 0.1) is 6.92 Å². The molecular formula is C21H31N3O2. The number of rotatable bonds is 3. The van der Waals surface area contributed by atoms with E-state index < -0.39 is 0 Å². The van der Waals surface area contributed by atoms with E-state index in [1.165, 1.54) is 18.4 Å². The highest BCUT2D eigenvalue weighted by atomic mass is 16.5. The summed E-state index contributed by atoms with van der Waals surface area (Å²) in [7, 11) is 1.84. The van der Waals surface area contributed by atoms with Crippen LogP contribution in [0.5, 0.6) is 0 Å². The SMILES string of the molecule is CO[C@]1(C)CC[C@@H](N2CCC(n3c(=O)[nH]c4ccc(C)cc43)CC2)CC1. The van der Waals surface area contributed by atoms with Crippen molar-refractivity contribution in [1.29, 1.82) is 0 Å². The van der Waals surface area contributed by atoms with Crippen molar-refractivity contribution in [3.8, 4) is 0 Å². The monoisotopic (exact) mass is 357 g/mol. The number of H-pyrrole nitrogens is 1. The van der Waals surface area contributed by atoms with Crippen molar-refractivity contribution in [2.45, 2.75) is 70.1 Å². The Morgan fingerprint density at radius 1 is 1.12 bits per heavy atom. The number of fused-ring (bicyclic) bond motifs is 1. The molecular weight excluding hydrogens is 326 g/mol. The van der Waals surface area contributed by atoms with Crippen LogP contribution in [0.3, 0.4) is 0 Å². The van der Waals surface area contributed by atoms with Crippen LogP contribution in [0.4, 0.5) is 0 Å². The highest BCUT2D eigenvalue weighted by Gasteiger charge is 2.35. The van der Waals surface area contributed by atoms with Gasteiger partial charge in [0, 0.05) is 32.3 Å². The number of hydrogen-bond donors (Lipinski definition) is 1. The second-order valence-electron chi connectivity index (χ2n) is 8.47. The Balaban J connectivity index is 1.44. The molecule has 5 nitrogen and oxygen atoms in total. The Kier molecular flexibility index (Phi) is 4.70. The average Bonchev–Trinajstić information content (AvgIpc) is 2.97. The van der Waals surface area contributed by atoms with Gasteiger partial charge in [-0.05, 0) is 70.1 Å². The molecule has 2 aromatic rings. The van der Waals surface area contributed by atoms with Crippen molar-refractivity contribution in [1.82, 2.24) is 14.5 Å². The summed E-state index contributed by atoms with van der Waals surface area (Å²) in [4.78, 5) is 18.2. The van der Waals surface area contributed by atoms with Gasteiger partial charge in [-0.3, -0.25) is 4.57 Å². The Morgan fingerprint density at radius 2 is 1.81 bits per heavy atom. The fourth-order valence-corrected chi connectivity index (χ4v) is 4.89. The molecule has 1 saturated heterocycles. The minimum absolute atomic E-state index is 0.0394. The Bertz CT molecular complexity index is 821. The van der Waals surface area contributed by atoms with Gasteiger partial charge in [-0.15, -0.1) is 0 Å². The van der Waals surface area contributed by atoms with Gasteiger partial charge in [0.2, 0.25) is 0 Å². The number of benzene rings is 1. The van der Waals surface area contributed by atoms with Crippen LogP contribution in [-0.2, 0) is 4.74 Å². The molecule has 0 spiro atoms. The number of ether oxygens (including phenoxy) is 1. The minimum Gasteiger partial charge on any atom is -0.379 e. The first-order valence-corrected chi connectivity index (χ1v) is 9.99. The average molecular weight is 357 g/mol. The van der Waals surface area contributed by atoms with Crippen LogP contribution in [0.1, 0.15) is 57.1 Å². The zero-order chi connectivity index (χ0) is 18.3. The van der Waals surface area contributed by atoms with Gasteiger partial charge in [-0.2, -0.15) is 0 Å². The standard InChI is InChI=1S/C21H31N3O2/c1-15-4-5-18-19(14-15)24(20(25)22-18)17-8-12-23(13-9-17)16-6-10-21(2,26-3)11-7-16/h4-5,14,16-17H,6-13H2,1-3H3,(H,22,25)/t16-,21-. The number of aryl methyl sites for hydroxylation is 1. The van der Waals surface area contributed by atoms with Crippen molar-refractivity contribution in [2.75, 3.05) is 20.2 Å². The summed E-state index contributed by atoms with van der Waals surface area (Å²) in [6, 6.07) is 7.20. The van der Waals surface area contributed by atoms with E-state index in [1.807, 2.05) is 17.7 Å². The predicted molar refractivity (Wildman–Crippen MR) is 105 cm³/mol. The lowest BCUT2D eigenvalue weighted by molar-refractivity contribution is -0.0444. The van der Waals surface area contributed by atoms with Crippen LogP contribution in [0.15, 0.2) is 23.0 Å². The van der Waals surface area contributed by atoms with E-state index in [1.54, 1.807) is 0 Å². The zero-order valence-electron chi connectivity index (χ0n) is 16.3. The lowest BCUT2D eigenvalue weighted by Crippen LogP contribution is -2.47. The van der Waals surface area contributed by atoms with Gasteiger partial charge in [0.15, 0.2) is 0 Å². The topological polar surface area (TPSA) is 50.3 Å². The number of imidazole rings is 1. The molecule has 2 fully saturated rings. The molecule has 142 valence electrons. The fourth-order valence-electron chi connectivity index (χ4n) is 4.89. The van der Waals surface area contributed by atoms with E-state index in [9.17, 15) is 4.79 Å². The number of likely N-dealkylation sites (tertiary alicyclic amines) is 1. The molecule has 1 aromatic carbocycles. The van der Waals surface area contributed by atoms with Gasteiger partial charge in [-0.1, -0.05) is 6.07 Å². The Morgan fingerprint density at radius 3 is 2.46 bits per heavy atom. The molecule has 0 unspecified atom stereocenters. The maximum Gasteiger partial charge on any atom is 0.326 e. The first-order chi connectivity index (χ1) is 12.5. The lowest BCUT2D eigenvalue weighted by Gasteiger charge is -2.43. The molecule has 1 aliphatic heterocycles. The lowest BCUT2D eigenvalue weighted by atomic mass is 9.82. The first kappa shape index (κ1) is 17.8. The molecule has 5 heteroatoms. The minimum atomic E-state index is 0.0394. The second kappa shape index (κ2) is 6.86. The van der Waals surface area contributed by atoms with E-state index in [-0.39, 0.29) is 11.3 Å². The maximum atomic E-state index is 12.5. The van der Waals surface area contributed by atoms with Crippen molar-refractivity contribution >= 4 is 11.0 Å². The number of methoxy groups -OCH3 is 1. The third kappa shape index (κ3) is 3.23. The highest BCUT2D eigenvalue weighted by Crippen LogP contribution is 2.35. The molecule has 2 heterocycles. The van der Waals surface area contributed by atoms with Gasteiger partial charge >= 0.3 is 5.69 Å². The van der Waals surface area contributed by atoms with Gasteiger partial charge in [-0.25, -0.2) is 4.79 Å². The molecule has 2 aliphatic rings. The van der Waals surface area contributed by atoms with Crippen LogP contribution in [0.25, 0.3) is 11.0 Å². The van der Waals surface area contributed by atoms with Crippen LogP contribution < -0.4 is 5.69 Å². The number of nitrogens with one attached hydrogen (secondary N) is 1. The molecule has 26 heavy (non-hydrogen) atoms. The number of aromatic amines is 1. The summed E-state index contributed by atoms with van der Waals surface area (Å²) in [6.45, 7) is 6.50. The van der Waals surface area contributed by atoms with Gasteiger partial charge in [0.1, 0.15) is 0 Å². The highest BCUT2D eigenvalue weighted by molar-refractivity contribution is 5.76. The summed E-state index contributed by atoms with van der Waals surface area (Å²) in [6.07, 6.45) is 6.85. The van der Waals surface area contributed by atoms with E-state index >= 15 is 0 Å². The quantitative estimate of drug-likeness (QED) is 0.913. The molecule has 0 radical (unpaired) electrons. The summed E-state index contributed by atoms with van der Waals surface area (Å²) < 4.78 is 7.69. The number of hydrogen-bond acceptors (Lipinski definition) is 3. The molecule has 1 aliphatic carbocycles. The van der Waals surface area contributed by atoms with Crippen molar-refractivity contribution in [2.24, 2.45) is 0 Å². The molecule has 1 aromatic heterocycles. The van der Waals surface area contributed by atoms with Crippen LogP contribution >= 0.6 is 0 Å². The van der Waals surface area contributed by atoms with Gasteiger partial charge in [0.05, 0.1) is 16.6 Å². The van der Waals surface area contributed by atoms with Crippen molar-refractivity contribution in [3.63, 3.8) is 0 Å². The second-order valence-corrected chi connectivity index (χ2v) is 8.47. The molecule has 1 N–H and O–H groups in total. The van der Waals surface area contributed by atoms with Gasteiger partial charge < -0.3 is 14.6 Å². The van der Waals surface area contributed by atoms with Gasteiger partial charge in [0.25, 0.3) is 0 Å². The predicted octanol–water partition coefficient (Wildman–Crippen LogP) is 3.62. The van der Waals surface area contributed by atoms with E-state index in [2.05, 4.69) is 35.9 Å². The maximum absolute atomic E-state index is 12.5.